The van der Waals surface area contributed by atoms with Gasteiger partial charge in [0.1, 0.15) is 0 Å². The first-order valence-electron chi connectivity index (χ1n) is 5.48. The Morgan fingerprint density at radius 1 is 1.24 bits per heavy atom. The first-order valence-corrected chi connectivity index (χ1v) is 6.27. The summed E-state index contributed by atoms with van der Waals surface area (Å²) in [6, 6.07) is 7.28. The van der Waals surface area contributed by atoms with Crippen molar-refractivity contribution in [3.63, 3.8) is 0 Å². The molecule has 0 heterocycles. The van der Waals surface area contributed by atoms with Crippen molar-refractivity contribution in [3.8, 4) is 0 Å². The number of carbonyl (C=O) groups is 2. The number of hydrogen-bond acceptors (Lipinski definition) is 2. The van der Waals surface area contributed by atoms with Crippen LogP contribution in [0.15, 0.2) is 28.7 Å². The predicted octanol–water partition coefficient (Wildman–Crippen LogP) is 1.91. The van der Waals surface area contributed by atoms with Gasteiger partial charge in [-0.1, -0.05) is 15.9 Å². The third-order valence-corrected chi connectivity index (χ3v) is 3.03. The second-order valence-corrected chi connectivity index (χ2v) is 4.96. The van der Waals surface area contributed by atoms with E-state index < -0.39 is 0 Å². The average Bonchev–Trinajstić information content (AvgIpc) is 3.13. The maximum atomic E-state index is 11.5. The van der Waals surface area contributed by atoms with Gasteiger partial charge in [0, 0.05) is 16.1 Å². The summed E-state index contributed by atoms with van der Waals surface area (Å²) in [6.07, 6.45) is 1.89. The van der Waals surface area contributed by atoms with E-state index in [1.54, 1.807) is 12.1 Å². The Balaban J connectivity index is 1.76. The fourth-order valence-corrected chi connectivity index (χ4v) is 1.66. The van der Waals surface area contributed by atoms with E-state index in [2.05, 4.69) is 26.6 Å². The monoisotopic (exact) mass is 296 g/mol. The van der Waals surface area contributed by atoms with E-state index >= 15 is 0 Å². The van der Waals surface area contributed by atoms with Crippen LogP contribution in [0.25, 0.3) is 0 Å². The van der Waals surface area contributed by atoms with Gasteiger partial charge in [0.25, 0.3) is 0 Å². The van der Waals surface area contributed by atoms with Crippen molar-refractivity contribution in [3.05, 3.63) is 28.7 Å². The Labute approximate surface area is 108 Å². The lowest BCUT2D eigenvalue weighted by Crippen LogP contribution is -2.33. The third kappa shape index (κ3) is 3.85. The van der Waals surface area contributed by atoms with Gasteiger partial charge in [0.2, 0.25) is 11.8 Å². The topological polar surface area (TPSA) is 58.2 Å². The average molecular weight is 297 g/mol. The number of nitrogens with one attached hydrogen (secondary N) is 2. The van der Waals surface area contributed by atoms with Gasteiger partial charge in [0.15, 0.2) is 0 Å². The highest BCUT2D eigenvalue weighted by Crippen LogP contribution is 2.28. The highest BCUT2D eigenvalue weighted by Gasteiger charge is 2.29. The van der Waals surface area contributed by atoms with Crippen molar-refractivity contribution in [2.45, 2.75) is 12.8 Å². The lowest BCUT2D eigenvalue weighted by Gasteiger charge is -2.06. The van der Waals surface area contributed by atoms with E-state index in [9.17, 15) is 9.59 Å². The molecule has 0 aromatic heterocycles. The number of anilines is 1. The molecule has 2 N–H and O–H groups in total. The molecule has 0 spiro atoms. The number of amides is 2. The highest BCUT2D eigenvalue weighted by molar-refractivity contribution is 9.10. The molecule has 4 nitrogen and oxygen atoms in total. The molecule has 1 saturated carbocycles. The molecule has 90 valence electrons. The van der Waals surface area contributed by atoms with Gasteiger partial charge < -0.3 is 10.6 Å². The van der Waals surface area contributed by atoms with Crippen molar-refractivity contribution in [2.75, 3.05) is 11.9 Å². The molecule has 1 aromatic carbocycles. The van der Waals surface area contributed by atoms with Gasteiger partial charge >= 0.3 is 0 Å². The van der Waals surface area contributed by atoms with Gasteiger partial charge in [-0.15, -0.1) is 0 Å². The molecule has 2 amide bonds. The van der Waals surface area contributed by atoms with Crippen LogP contribution in [-0.4, -0.2) is 18.4 Å². The van der Waals surface area contributed by atoms with E-state index in [0.717, 1.165) is 23.0 Å². The van der Waals surface area contributed by atoms with E-state index in [-0.39, 0.29) is 24.3 Å². The van der Waals surface area contributed by atoms with Crippen LogP contribution >= 0.6 is 15.9 Å². The predicted molar refractivity (Wildman–Crippen MR) is 68.5 cm³/mol. The van der Waals surface area contributed by atoms with Crippen molar-refractivity contribution in [1.82, 2.24) is 5.32 Å². The zero-order valence-electron chi connectivity index (χ0n) is 9.20. The number of halogens is 1. The second-order valence-electron chi connectivity index (χ2n) is 4.05. The maximum absolute atomic E-state index is 11.5. The largest absolute Gasteiger partial charge is 0.347 e. The Morgan fingerprint density at radius 2 is 1.88 bits per heavy atom. The molecule has 0 aliphatic heterocycles. The summed E-state index contributed by atoms with van der Waals surface area (Å²) in [5, 5.41) is 5.33. The summed E-state index contributed by atoms with van der Waals surface area (Å²) in [6.45, 7) is 0.0331. The van der Waals surface area contributed by atoms with Crippen LogP contribution in [-0.2, 0) is 9.59 Å². The number of rotatable bonds is 4. The number of benzene rings is 1. The quantitative estimate of drug-likeness (QED) is 0.892. The smallest absolute Gasteiger partial charge is 0.243 e. The van der Waals surface area contributed by atoms with Gasteiger partial charge in [-0.25, -0.2) is 0 Å². The van der Waals surface area contributed by atoms with Crippen molar-refractivity contribution >= 4 is 33.4 Å². The molecule has 0 bridgehead atoms. The first kappa shape index (κ1) is 12.1. The van der Waals surface area contributed by atoms with Crippen LogP contribution in [0.2, 0.25) is 0 Å². The fourth-order valence-electron chi connectivity index (χ4n) is 1.40. The standard InChI is InChI=1S/C12H13BrN2O2/c13-9-3-5-10(6-4-9)15-11(16)7-14-12(17)8-1-2-8/h3-6,8H,1-2,7H2,(H,14,17)(H,15,16). The van der Waals surface area contributed by atoms with Crippen molar-refractivity contribution in [1.29, 1.82) is 0 Å². The van der Waals surface area contributed by atoms with Crippen molar-refractivity contribution < 1.29 is 9.59 Å². The summed E-state index contributed by atoms with van der Waals surface area (Å²) < 4.78 is 0.956. The molecule has 0 saturated heterocycles. The van der Waals surface area contributed by atoms with Crippen molar-refractivity contribution in [2.24, 2.45) is 5.92 Å². The van der Waals surface area contributed by atoms with E-state index in [1.807, 2.05) is 12.1 Å². The summed E-state index contributed by atoms with van der Waals surface area (Å²) in [5.41, 5.74) is 0.721. The van der Waals surface area contributed by atoms with Gasteiger partial charge in [-0.2, -0.15) is 0 Å². The first-order chi connectivity index (χ1) is 8.15. The number of hydrogen-bond donors (Lipinski definition) is 2. The van der Waals surface area contributed by atoms with Gasteiger partial charge in [-0.05, 0) is 37.1 Å². The molecule has 2 rings (SSSR count). The molecule has 1 fully saturated rings. The summed E-state index contributed by atoms with van der Waals surface area (Å²) >= 11 is 3.31. The Kier molecular flexibility index (Phi) is 3.78. The molecule has 5 heteroatoms. The molecule has 1 aromatic rings. The molecular weight excluding hydrogens is 284 g/mol. The Morgan fingerprint density at radius 3 is 2.47 bits per heavy atom. The summed E-state index contributed by atoms with van der Waals surface area (Å²) in [5.74, 6) is -0.0900. The minimum Gasteiger partial charge on any atom is -0.347 e. The Hall–Kier alpha value is -1.36. The van der Waals surface area contributed by atoms with Crippen LogP contribution in [0.4, 0.5) is 5.69 Å². The molecule has 0 atom stereocenters. The normalized spacial score (nSPS) is 14.2. The minimum absolute atomic E-state index is 0.0176. The van der Waals surface area contributed by atoms with Crippen LogP contribution in [0, 0.1) is 5.92 Å². The zero-order chi connectivity index (χ0) is 12.3. The minimum atomic E-state index is -0.207. The fraction of sp³-hybridized carbons (Fsp3) is 0.333. The molecule has 1 aliphatic carbocycles. The van der Waals surface area contributed by atoms with Crippen LogP contribution < -0.4 is 10.6 Å². The molecule has 0 radical (unpaired) electrons. The Bertz CT molecular complexity index is 427. The SMILES string of the molecule is O=C(CNC(=O)C1CC1)Nc1ccc(Br)cc1. The highest BCUT2D eigenvalue weighted by atomic mass is 79.9. The molecule has 1 aliphatic rings. The zero-order valence-corrected chi connectivity index (χ0v) is 10.8. The lowest BCUT2D eigenvalue weighted by atomic mass is 10.3. The van der Waals surface area contributed by atoms with E-state index in [1.165, 1.54) is 0 Å². The number of carbonyl (C=O) groups excluding carboxylic acids is 2. The summed E-state index contributed by atoms with van der Waals surface area (Å²) in [7, 11) is 0. The van der Waals surface area contributed by atoms with E-state index in [4.69, 9.17) is 0 Å². The summed E-state index contributed by atoms with van der Waals surface area (Å²) in [4.78, 5) is 22.8. The van der Waals surface area contributed by atoms with E-state index in [0.29, 0.717) is 0 Å². The molecular formula is C12H13BrN2O2. The van der Waals surface area contributed by atoms with Gasteiger partial charge in [0.05, 0.1) is 6.54 Å². The lowest BCUT2D eigenvalue weighted by molar-refractivity contribution is -0.125. The van der Waals surface area contributed by atoms with Crippen LogP contribution in [0.1, 0.15) is 12.8 Å². The van der Waals surface area contributed by atoms with Crippen LogP contribution in [0.3, 0.4) is 0 Å². The second kappa shape index (κ2) is 5.31. The van der Waals surface area contributed by atoms with Gasteiger partial charge in [-0.3, -0.25) is 9.59 Å². The third-order valence-electron chi connectivity index (χ3n) is 2.50. The van der Waals surface area contributed by atoms with Crippen LogP contribution in [0.5, 0.6) is 0 Å². The molecule has 17 heavy (non-hydrogen) atoms. The maximum Gasteiger partial charge on any atom is 0.243 e. The molecule has 0 unspecified atom stereocenters.